The Balaban J connectivity index is 1.84. The van der Waals surface area contributed by atoms with Gasteiger partial charge in [-0.2, -0.15) is 0 Å². The molecule has 9 heteroatoms. The maximum Gasteiger partial charge on any atom is 0.247 e. The van der Waals surface area contributed by atoms with Crippen LogP contribution < -0.4 is 24.0 Å². The number of carbonyl (C=O) groups is 1. The fourth-order valence-corrected chi connectivity index (χ4v) is 4.90. The molecule has 1 aliphatic heterocycles. The zero-order valence-electron chi connectivity index (χ0n) is 18.3. The average molecular weight is 448 g/mol. The molecule has 0 aliphatic carbocycles. The van der Waals surface area contributed by atoms with Crippen molar-refractivity contribution in [1.82, 2.24) is 0 Å². The van der Waals surface area contributed by atoms with Crippen LogP contribution in [-0.4, -0.2) is 53.9 Å². The number of rotatable bonds is 8. The summed E-state index contributed by atoms with van der Waals surface area (Å²) in [5.74, 6) is 0.319. The summed E-state index contributed by atoms with van der Waals surface area (Å²) in [5, 5.41) is 2.81. The molecule has 0 aromatic heterocycles. The van der Waals surface area contributed by atoms with E-state index in [0.29, 0.717) is 17.2 Å². The second-order valence-electron chi connectivity index (χ2n) is 7.50. The van der Waals surface area contributed by atoms with E-state index in [1.165, 1.54) is 40.1 Å². The van der Waals surface area contributed by atoms with Crippen LogP contribution in [0, 0.1) is 0 Å². The number of methoxy groups -OCH3 is 2. The number of hydrogen-bond donors (Lipinski definition) is 1. The zero-order valence-corrected chi connectivity index (χ0v) is 19.1. The summed E-state index contributed by atoms with van der Waals surface area (Å²) in [6.45, 7) is 3.61. The lowest BCUT2D eigenvalue weighted by Crippen LogP contribution is -2.45. The summed E-state index contributed by atoms with van der Waals surface area (Å²) in [7, 11) is -0.872. The molecule has 2 aromatic carbocycles. The van der Waals surface area contributed by atoms with Crippen LogP contribution in [0.15, 0.2) is 42.5 Å². The van der Waals surface area contributed by atoms with Gasteiger partial charge in [0.25, 0.3) is 0 Å². The van der Waals surface area contributed by atoms with Gasteiger partial charge in [0.2, 0.25) is 15.9 Å². The summed E-state index contributed by atoms with van der Waals surface area (Å²) in [6.07, 6.45) is 3.43. The van der Waals surface area contributed by atoms with E-state index in [0.717, 1.165) is 29.3 Å². The number of hydrogen-bond acceptors (Lipinski definition) is 6. The van der Waals surface area contributed by atoms with Gasteiger partial charge < -0.3 is 19.7 Å². The van der Waals surface area contributed by atoms with E-state index >= 15 is 0 Å². The fourth-order valence-electron chi connectivity index (χ4n) is 3.73. The molecule has 1 N–H and O–H groups in total. The summed E-state index contributed by atoms with van der Waals surface area (Å²) < 4.78 is 36.9. The largest absolute Gasteiger partial charge is 0.497 e. The van der Waals surface area contributed by atoms with Gasteiger partial charge in [0.1, 0.15) is 17.5 Å². The van der Waals surface area contributed by atoms with Gasteiger partial charge in [-0.25, -0.2) is 8.42 Å². The Morgan fingerprint density at radius 2 is 1.71 bits per heavy atom. The third-order valence-electron chi connectivity index (χ3n) is 5.32. The summed E-state index contributed by atoms with van der Waals surface area (Å²) in [4.78, 5) is 15.3. The summed E-state index contributed by atoms with van der Waals surface area (Å²) in [6, 6.07) is 11.4. The van der Waals surface area contributed by atoms with Crippen molar-refractivity contribution in [2.24, 2.45) is 0 Å². The van der Waals surface area contributed by atoms with Crippen molar-refractivity contribution in [3.63, 3.8) is 0 Å². The molecule has 0 bridgehead atoms. The Bertz CT molecular complexity index is 1020. The fraction of sp³-hybridized carbons (Fsp3) is 0.409. The number of anilines is 3. The maximum atomic E-state index is 13.0. The van der Waals surface area contributed by atoms with Gasteiger partial charge in [-0.1, -0.05) is 0 Å². The lowest BCUT2D eigenvalue weighted by atomic mass is 10.2. The van der Waals surface area contributed by atoms with Gasteiger partial charge in [0, 0.05) is 30.5 Å². The second-order valence-corrected chi connectivity index (χ2v) is 9.36. The summed E-state index contributed by atoms with van der Waals surface area (Å²) >= 11 is 0. The van der Waals surface area contributed by atoms with Gasteiger partial charge in [0.05, 0.1) is 26.2 Å². The van der Waals surface area contributed by atoms with Crippen molar-refractivity contribution < 1.29 is 22.7 Å². The van der Waals surface area contributed by atoms with E-state index in [2.05, 4.69) is 10.2 Å². The molecule has 1 amide bonds. The first-order valence-corrected chi connectivity index (χ1v) is 12.0. The predicted octanol–water partition coefficient (Wildman–Crippen LogP) is 3.10. The lowest BCUT2D eigenvalue weighted by Gasteiger charge is -2.29. The van der Waals surface area contributed by atoms with Crippen molar-refractivity contribution in [3.8, 4) is 11.5 Å². The number of sulfonamides is 1. The van der Waals surface area contributed by atoms with E-state index < -0.39 is 22.0 Å². The van der Waals surface area contributed by atoms with Crippen LogP contribution in [0.4, 0.5) is 17.1 Å². The van der Waals surface area contributed by atoms with E-state index in [1.807, 2.05) is 24.3 Å². The van der Waals surface area contributed by atoms with Crippen molar-refractivity contribution in [3.05, 3.63) is 42.5 Å². The maximum absolute atomic E-state index is 13.0. The van der Waals surface area contributed by atoms with Gasteiger partial charge in [-0.15, -0.1) is 0 Å². The molecule has 1 aliphatic rings. The van der Waals surface area contributed by atoms with Crippen LogP contribution in [0.5, 0.6) is 11.5 Å². The third kappa shape index (κ3) is 5.22. The first kappa shape index (κ1) is 22.7. The van der Waals surface area contributed by atoms with Gasteiger partial charge in [-0.05, 0) is 56.2 Å². The quantitative estimate of drug-likeness (QED) is 0.669. The normalized spacial score (nSPS) is 14.8. The highest BCUT2D eigenvalue weighted by atomic mass is 32.2. The third-order valence-corrected chi connectivity index (χ3v) is 6.55. The number of carbonyl (C=O) groups excluding carboxylic acids is 1. The van der Waals surface area contributed by atoms with Gasteiger partial charge in [-0.3, -0.25) is 9.10 Å². The Labute approximate surface area is 183 Å². The molecule has 1 fully saturated rings. The highest BCUT2D eigenvalue weighted by molar-refractivity contribution is 7.92. The first-order valence-electron chi connectivity index (χ1n) is 10.1. The number of ether oxygens (including phenoxy) is 2. The van der Waals surface area contributed by atoms with Crippen molar-refractivity contribution >= 4 is 33.0 Å². The molecule has 0 spiro atoms. The smallest absolute Gasteiger partial charge is 0.247 e. The number of amides is 1. The van der Waals surface area contributed by atoms with Crippen LogP contribution in [-0.2, 0) is 14.8 Å². The molecule has 0 radical (unpaired) electrons. The summed E-state index contributed by atoms with van der Waals surface area (Å²) in [5.41, 5.74) is 1.95. The molecule has 1 atom stereocenters. The van der Waals surface area contributed by atoms with Crippen LogP contribution in [0.2, 0.25) is 0 Å². The van der Waals surface area contributed by atoms with E-state index in [4.69, 9.17) is 9.47 Å². The van der Waals surface area contributed by atoms with Gasteiger partial charge >= 0.3 is 0 Å². The number of benzene rings is 2. The number of nitrogens with one attached hydrogen (secondary N) is 1. The highest BCUT2D eigenvalue weighted by Crippen LogP contribution is 2.35. The van der Waals surface area contributed by atoms with Crippen LogP contribution in [0.25, 0.3) is 0 Å². The Kier molecular flexibility index (Phi) is 6.94. The molecular weight excluding hydrogens is 418 g/mol. The monoisotopic (exact) mass is 447 g/mol. The lowest BCUT2D eigenvalue weighted by molar-refractivity contribution is -0.116. The molecule has 1 saturated heterocycles. The molecule has 1 heterocycles. The van der Waals surface area contributed by atoms with Crippen molar-refractivity contribution in [2.45, 2.75) is 25.8 Å². The molecular formula is C22H29N3O5S. The van der Waals surface area contributed by atoms with E-state index in [9.17, 15) is 13.2 Å². The molecule has 31 heavy (non-hydrogen) atoms. The Morgan fingerprint density at radius 1 is 1.06 bits per heavy atom. The zero-order chi connectivity index (χ0) is 22.6. The predicted molar refractivity (Wildman–Crippen MR) is 123 cm³/mol. The minimum absolute atomic E-state index is 0.233. The highest BCUT2D eigenvalue weighted by Gasteiger charge is 2.31. The average Bonchev–Trinajstić information content (AvgIpc) is 3.28. The minimum Gasteiger partial charge on any atom is -0.497 e. The molecule has 0 unspecified atom stereocenters. The van der Waals surface area contributed by atoms with Gasteiger partial charge in [0.15, 0.2) is 0 Å². The molecule has 3 rings (SSSR count). The molecule has 0 saturated carbocycles. The van der Waals surface area contributed by atoms with E-state index in [-0.39, 0.29) is 5.69 Å². The van der Waals surface area contributed by atoms with Crippen LogP contribution in [0.1, 0.15) is 19.8 Å². The molecule has 8 nitrogen and oxygen atoms in total. The Morgan fingerprint density at radius 3 is 2.26 bits per heavy atom. The SMILES string of the molecule is COc1ccc(OC)c(N([C@H](C)C(=O)Nc2ccc(N3CCCC3)cc2)S(C)(=O)=O)c1. The standard InChI is InChI=1S/C22H29N3O5S/c1-16(22(26)23-17-7-9-18(10-8-17)24-13-5-6-14-24)25(31(4,27)28)20-15-19(29-2)11-12-21(20)30-3/h7-12,15-16H,5-6,13-14H2,1-4H3,(H,23,26)/t16-/m1/s1. The minimum atomic E-state index is -3.80. The van der Waals surface area contributed by atoms with Crippen molar-refractivity contribution in [1.29, 1.82) is 0 Å². The van der Waals surface area contributed by atoms with E-state index in [1.54, 1.807) is 12.1 Å². The van der Waals surface area contributed by atoms with Crippen molar-refractivity contribution in [2.75, 3.05) is 48.1 Å². The van der Waals surface area contributed by atoms with Crippen LogP contribution >= 0.6 is 0 Å². The molecule has 168 valence electrons. The second kappa shape index (κ2) is 9.47. The number of nitrogens with zero attached hydrogens (tertiary/aromatic N) is 2. The first-order chi connectivity index (χ1) is 14.7. The van der Waals surface area contributed by atoms with Crippen LogP contribution in [0.3, 0.4) is 0 Å². The topological polar surface area (TPSA) is 88.2 Å². The molecule has 2 aromatic rings. The Hall–Kier alpha value is -2.94.